The number of hydrogen-bond donors (Lipinski definition) is 1. The van der Waals surface area contributed by atoms with Crippen LogP contribution < -0.4 is 40.0 Å². The number of rotatable bonds is 15. The van der Waals surface area contributed by atoms with Crippen LogP contribution in [-0.2, 0) is 9.59 Å². The zero-order chi connectivity index (χ0) is 15.9. The SMILES string of the molecule is CCCCCCCCCCCCCC(=O)C(NC)C(=O)[O-].[Na+]. The van der Waals surface area contributed by atoms with Gasteiger partial charge < -0.3 is 15.2 Å². The van der Waals surface area contributed by atoms with Crippen LogP contribution in [0.1, 0.15) is 84.0 Å². The normalized spacial score (nSPS) is 11.7. The molecule has 0 amide bonds. The first kappa shape index (κ1) is 24.4. The molecular weight excluding hydrogens is 289 g/mol. The van der Waals surface area contributed by atoms with E-state index in [1.165, 1.54) is 58.4 Å². The number of likely N-dealkylation sites (N-methyl/N-ethyl adjacent to an activating group) is 1. The van der Waals surface area contributed by atoms with Gasteiger partial charge in [0.05, 0.1) is 5.97 Å². The van der Waals surface area contributed by atoms with Crippen LogP contribution in [0.15, 0.2) is 0 Å². The monoisotopic (exact) mass is 321 g/mol. The van der Waals surface area contributed by atoms with Crippen LogP contribution in [0.3, 0.4) is 0 Å². The topological polar surface area (TPSA) is 69.2 Å². The Labute approximate surface area is 158 Å². The fraction of sp³-hybridized carbons (Fsp3) is 0.882. The molecule has 4 nitrogen and oxygen atoms in total. The van der Waals surface area contributed by atoms with E-state index in [1.54, 1.807) is 0 Å². The van der Waals surface area contributed by atoms with Crippen molar-refractivity contribution in [3.8, 4) is 0 Å². The first-order valence-corrected chi connectivity index (χ1v) is 8.54. The van der Waals surface area contributed by atoms with Gasteiger partial charge >= 0.3 is 29.6 Å². The van der Waals surface area contributed by atoms with Gasteiger partial charge in [-0.15, -0.1) is 0 Å². The summed E-state index contributed by atoms with van der Waals surface area (Å²) in [7, 11) is 1.47. The summed E-state index contributed by atoms with van der Waals surface area (Å²) in [6.07, 6.45) is 13.8. The molecule has 0 aliphatic heterocycles. The minimum absolute atomic E-state index is 0. The van der Waals surface area contributed by atoms with Crippen molar-refractivity contribution in [3.63, 3.8) is 0 Å². The van der Waals surface area contributed by atoms with Crippen molar-refractivity contribution in [3.05, 3.63) is 0 Å². The molecule has 0 aromatic carbocycles. The summed E-state index contributed by atoms with van der Waals surface area (Å²) in [4.78, 5) is 22.3. The number of nitrogens with one attached hydrogen (secondary N) is 1. The van der Waals surface area contributed by atoms with Gasteiger partial charge in [0.1, 0.15) is 6.04 Å². The van der Waals surface area contributed by atoms with Crippen molar-refractivity contribution < 1.29 is 44.3 Å². The predicted molar refractivity (Wildman–Crippen MR) is 83.9 cm³/mol. The van der Waals surface area contributed by atoms with Crippen LogP contribution in [0, 0.1) is 0 Å². The quantitative estimate of drug-likeness (QED) is 0.253. The third-order valence-electron chi connectivity index (χ3n) is 3.87. The maximum absolute atomic E-state index is 11.6. The number of carbonyl (C=O) groups excluding carboxylic acids is 2. The smallest absolute Gasteiger partial charge is 0.548 e. The van der Waals surface area contributed by atoms with Gasteiger partial charge in [-0.05, 0) is 13.5 Å². The molecular formula is C17H32NNaO3. The number of unbranched alkanes of at least 4 members (excludes halogenated alkanes) is 10. The first-order valence-electron chi connectivity index (χ1n) is 8.54. The van der Waals surface area contributed by atoms with Gasteiger partial charge in [-0.25, -0.2) is 0 Å². The van der Waals surface area contributed by atoms with Crippen LogP contribution in [0.5, 0.6) is 0 Å². The molecule has 0 bridgehead atoms. The average molecular weight is 321 g/mol. The molecule has 0 heterocycles. The van der Waals surface area contributed by atoms with Crippen LogP contribution in [-0.4, -0.2) is 24.8 Å². The van der Waals surface area contributed by atoms with Crippen LogP contribution in [0.4, 0.5) is 0 Å². The van der Waals surface area contributed by atoms with E-state index in [2.05, 4.69) is 12.2 Å². The van der Waals surface area contributed by atoms with E-state index >= 15 is 0 Å². The zero-order valence-corrected chi connectivity index (χ0v) is 16.8. The van der Waals surface area contributed by atoms with Crippen molar-refractivity contribution in [2.45, 2.75) is 90.0 Å². The van der Waals surface area contributed by atoms with Crippen molar-refractivity contribution in [1.82, 2.24) is 5.32 Å². The van der Waals surface area contributed by atoms with Crippen molar-refractivity contribution >= 4 is 11.8 Å². The molecule has 0 rings (SSSR count). The van der Waals surface area contributed by atoms with Gasteiger partial charge in [0.2, 0.25) is 0 Å². The summed E-state index contributed by atoms with van der Waals surface area (Å²) >= 11 is 0. The van der Waals surface area contributed by atoms with Crippen molar-refractivity contribution in [1.29, 1.82) is 0 Å². The minimum atomic E-state index is -1.33. The Morgan fingerprint density at radius 2 is 1.27 bits per heavy atom. The predicted octanol–water partition coefficient (Wildman–Crippen LogP) is -0.401. The van der Waals surface area contributed by atoms with E-state index in [1.807, 2.05) is 0 Å². The summed E-state index contributed by atoms with van der Waals surface area (Å²) in [5.41, 5.74) is 0. The number of carboxylic acids is 1. The molecule has 0 aromatic heterocycles. The first-order chi connectivity index (χ1) is 10.1. The van der Waals surface area contributed by atoms with Crippen LogP contribution >= 0.6 is 0 Å². The standard InChI is InChI=1S/C17H33NO3.Na/c1-3-4-5-6-7-8-9-10-11-12-13-14-15(19)16(18-2)17(20)21;/h16,18H,3-14H2,1-2H3,(H,20,21);/q;+1/p-1. The Morgan fingerprint density at radius 3 is 1.64 bits per heavy atom. The van der Waals surface area contributed by atoms with Gasteiger partial charge in [0.25, 0.3) is 0 Å². The zero-order valence-electron chi connectivity index (χ0n) is 14.8. The molecule has 5 heteroatoms. The Kier molecular flexibility index (Phi) is 19.3. The molecule has 0 aromatic rings. The van der Waals surface area contributed by atoms with Crippen molar-refractivity contribution in [2.24, 2.45) is 0 Å². The Balaban J connectivity index is 0. The van der Waals surface area contributed by atoms with Gasteiger partial charge in [-0.1, -0.05) is 71.1 Å². The third kappa shape index (κ3) is 13.7. The summed E-state index contributed by atoms with van der Waals surface area (Å²) in [6.45, 7) is 2.23. The molecule has 0 radical (unpaired) electrons. The molecule has 0 saturated carbocycles. The van der Waals surface area contributed by atoms with E-state index < -0.39 is 12.0 Å². The largest absolute Gasteiger partial charge is 1.00 e. The summed E-state index contributed by atoms with van der Waals surface area (Å²) in [5.74, 6) is -1.60. The molecule has 1 atom stereocenters. The van der Waals surface area contributed by atoms with E-state index in [-0.39, 0.29) is 35.3 Å². The molecule has 0 spiro atoms. The Bertz CT molecular complexity index is 285. The average Bonchev–Trinajstić information content (AvgIpc) is 2.45. The number of aliphatic carboxylic acids is 1. The molecule has 124 valence electrons. The third-order valence-corrected chi connectivity index (χ3v) is 3.87. The van der Waals surface area contributed by atoms with Gasteiger partial charge in [-0.2, -0.15) is 0 Å². The van der Waals surface area contributed by atoms with Gasteiger partial charge in [-0.3, -0.25) is 4.79 Å². The molecule has 0 fully saturated rings. The fourth-order valence-corrected chi connectivity index (χ4v) is 2.52. The second kappa shape index (κ2) is 17.5. The maximum Gasteiger partial charge on any atom is 1.00 e. The molecule has 0 saturated heterocycles. The number of ketones is 1. The van der Waals surface area contributed by atoms with Gasteiger partial charge in [0.15, 0.2) is 5.78 Å². The number of hydrogen-bond acceptors (Lipinski definition) is 4. The van der Waals surface area contributed by atoms with Crippen LogP contribution in [0.25, 0.3) is 0 Å². The van der Waals surface area contributed by atoms with Crippen LogP contribution in [0.2, 0.25) is 0 Å². The number of carboxylic acid groups (broad SMARTS) is 1. The Hall–Kier alpha value is 0.100. The second-order valence-corrected chi connectivity index (χ2v) is 5.79. The summed E-state index contributed by atoms with van der Waals surface area (Å²) in [6, 6.07) is -1.15. The molecule has 1 N–H and O–H groups in total. The number of Topliss-reactive ketones (excluding diaryl/α,β-unsaturated/α-hetero) is 1. The summed E-state index contributed by atoms with van der Waals surface area (Å²) in [5, 5.41) is 13.2. The second-order valence-electron chi connectivity index (χ2n) is 5.79. The van der Waals surface area contributed by atoms with E-state index in [0.29, 0.717) is 6.42 Å². The minimum Gasteiger partial charge on any atom is -0.548 e. The fourth-order valence-electron chi connectivity index (χ4n) is 2.52. The van der Waals surface area contributed by atoms with E-state index in [9.17, 15) is 14.7 Å². The van der Waals surface area contributed by atoms with E-state index in [0.717, 1.165) is 19.3 Å². The number of carbonyl (C=O) groups is 2. The maximum atomic E-state index is 11.6. The van der Waals surface area contributed by atoms with E-state index in [4.69, 9.17) is 0 Å². The Morgan fingerprint density at radius 1 is 0.864 bits per heavy atom. The summed E-state index contributed by atoms with van der Waals surface area (Å²) < 4.78 is 0. The molecule has 0 aliphatic carbocycles. The van der Waals surface area contributed by atoms with Gasteiger partial charge in [0, 0.05) is 6.42 Å². The molecule has 22 heavy (non-hydrogen) atoms. The molecule has 1 unspecified atom stereocenters. The van der Waals surface area contributed by atoms with Crippen molar-refractivity contribution in [2.75, 3.05) is 7.05 Å². The molecule has 0 aliphatic rings.